The predicted molar refractivity (Wildman–Crippen MR) is 62.4 cm³/mol. The van der Waals surface area contributed by atoms with Crippen LogP contribution in [0.1, 0.15) is 19.4 Å². The minimum atomic E-state index is -0.0491. The first-order valence-electron chi connectivity index (χ1n) is 5.35. The van der Waals surface area contributed by atoms with Crippen LogP contribution < -0.4 is 4.74 Å². The van der Waals surface area contributed by atoms with Crippen LogP contribution in [0.4, 0.5) is 0 Å². The van der Waals surface area contributed by atoms with Crippen molar-refractivity contribution < 1.29 is 4.74 Å². The summed E-state index contributed by atoms with van der Waals surface area (Å²) in [4.78, 5) is 0. The standard InChI is InChI=1S/C14H14O/c1-14(2)9-12-11-6-4-3-5-10(11)7-8-13(12)15-14/h3-8H,9H2,1-2H3. The molecule has 15 heavy (non-hydrogen) atoms. The van der Waals surface area contributed by atoms with Crippen molar-refractivity contribution >= 4 is 10.8 Å². The number of hydrogen-bond acceptors (Lipinski definition) is 1. The lowest BCUT2D eigenvalue weighted by atomic mass is 9.97. The summed E-state index contributed by atoms with van der Waals surface area (Å²) in [6, 6.07) is 12.7. The van der Waals surface area contributed by atoms with Gasteiger partial charge in [0.05, 0.1) is 0 Å². The lowest BCUT2D eigenvalue weighted by molar-refractivity contribution is 0.138. The van der Waals surface area contributed by atoms with Crippen molar-refractivity contribution in [2.45, 2.75) is 25.9 Å². The molecule has 0 radical (unpaired) electrons. The predicted octanol–water partition coefficient (Wildman–Crippen LogP) is 3.55. The number of ether oxygens (including phenoxy) is 1. The maximum atomic E-state index is 5.90. The van der Waals surface area contributed by atoms with Gasteiger partial charge in [-0.3, -0.25) is 0 Å². The quantitative estimate of drug-likeness (QED) is 0.629. The van der Waals surface area contributed by atoms with Gasteiger partial charge in [-0.1, -0.05) is 30.3 Å². The van der Waals surface area contributed by atoms with Crippen LogP contribution in [-0.2, 0) is 6.42 Å². The van der Waals surface area contributed by atoms with E-state index >= 15 is 0 Å². The Bertz CT molecular complexity index is 526. The largest absolute Gasteiger partial charge is 0.487 e. The Morgan fingerprint density at radius 1 is 1.07 bits per heavy atom. The normalized spacial score (nSPS) is 17.5. The van der Waals surface area contributed by atoms with E-state index in [-0.39, 0.29) is 5.60 Å². The molecule has 2 aromatic rings. The smallest absolute Gasteiger partial charge is 0.124 e. The second kappa shape index (κ2) is 2.75. The molecule has 0 saturated heterocycles. The summed E-state index contributed by atoms with van der Waals surface area (Å²) in [6.45, 7) is 4.28. The van der Waals surface area contributed by atoms with Crippen LogP contribution in [0, 0.1) is 0 Å². The third-order valence-corrected chi connectivity index (χ3v) is 2.99. The maximum absolute atomic E-state index is 5.90. The van der Waals surface area contributed by atoms with E-state index in [1.54, 1.807) is 0 Å². The minimum Gasteiger partial charge on any atom is -0.487 e. The van der Waals surface area contributed by atoms with Gasteiger partial charge < -0.3 is 4.74 Å². The molecule has 0 aliphatic carbocycles. The molecule has 0 amide bonds. The van der Waals surface area contributed by atoms with Crippen molar-refractivity contribution in [3.63, 3.8) is 0 Å². The van der Waals surface area contributed by atoms with E-state index in [9.17, 15) is 0 Å². The van der Waals surface area contributed by atoms with Crippen LogP contribution in [-0.4, -0.2) is 5.60 Å². The number of fused-ring (bicyclic) bond motifs is 3. The summed E-state index contributed by atoms with van der Waals surface area (Å²) in [7, 11) is 0. The van der Waals surface area contributed by atoms with E-state index in [1.165, 1.54) is 16.3 Å². The van der Waals surface area contributed by atoms with Crippen LogP contribution in [0.3, 0.4) is 0 Å². The van der Waals surface area contributed by atoms with Gasteiger partial charge in [-0.25, -0.2) is 0 Å². The third-order valence-electron chi connectivity index (χ3n) is 2.99. The first kappa shape index (κ1) is 8.78. The van der Waals surface area contributed by atoms with Gasteiger partial charge in [0.25, 0.3) is 0 Å². The van der Waals surface area contributed by atoms with Gasteiger partial charge in [-0.2, -0.15) is 0 Å². The molecular weight excluding hydrogens is 184 g/mol. The Morgan fingerprint density at radius 3 is 2.73 bits per heavy atom. The zero-order chi connectivity index (χ0) is 10.5. The van der Waals surface area contributed by atoms with Crippen LogP contribution in [0.5, 0.6) is 5.75 Å². The molecule has 1 heterocycles. The summed E-state index contributed by atoms with van der Waals surface area (Å²) >= 11 is 0. The zero-order valence-electron chi connectivity index (χ0n) is 9.08. The van der Waals surface area contributed by atoms with Crippen molar-refractivity contribution in [1.82, 2.24) is 0 Å². The molecule has 1 aliphatic rings. The van der Waals surface area contributed by atoms with Gasteiger partial charge in [0.15, 0.2) is 0 Å². The Kier molecular flexibility index (Phi) is 1.61. The van der Waals surface area contributed by atoms with Gasteiger partial charge in [-0.05, 0) is 30.7 Å². The van der Waals surface area contributed by atoms with Crippen LogP contribution in [0.2, 0.25) is 0 Å². The van der Waals surface area contributed by atoms with Crippen LogP contribution in [0.25, 0.3) is 10.8 Å². The van der Waals surface area contributed by atoms with E-state index in [0.717, 1.165) is 12.2 Å². The lowest BCUT2D eigenvalue weighted by Gasteiger charge is -2.16. The fourth-order valence-corrected chi connectivity index (χ4v) is 2.35. The summed E-state index contributed by atoms with van der Waals surface area (Å²) in [5.41, 5.74) is 1.31. The fraction of sp³-hybridized carbons (Fsp3) is 0.286. The van der Waals surface area contributed by atoms with E-state index < -0.39 is 0 Å². The van der Waals surface area contributed by atoms with Crippen LogP contribution in [0.15, 0.2) is 36.4 Å². The number of hydrogen-bond donors (Lipinski definition) is 0. The van der Waals surface area contributed by atoms with Gasteiger partial charge in [0, 0.05) is 12.0 Å². The molecule has 0 N–H and O–H groups in total. The molecule has 0 bridgehead atoms. The summed E-state index contributed by atoms with van der Waals surface area (Å²) in [6.07, 6.45) is 1.00. The van der Waals surface area contributed by atoms with Gasteiger partial charge in [0.2, 0.25) is 0 Å². The number of rotatable bonds is 0. The van der Waals surface area contributed by atoms with Crippen molar-refractivity contribution in [3.8, 4) is 5.75 Å². The molecule has 0 spiro atoms. The maximum Gasteiger partial charge on any atom is 0.124 e. The molecule has 2 aromatic carbocycles. The zero-order valence-corrected chi connectivity index (χ0v) is 9.08. The highest BCUT2D eigenvalue weighted by Gasteiger charge is 2.30. The molecule has 3 rings (SSSR count). The van der Waals surface area contributed by atoms with Gasteiger partial charge in [0.1, 0.15) is 11.4 Å². The minimum absolute atomic E-state index is 0.0491. The Hall–Kier alpha value is -1.50. The summed E-state index contributed by atoms with van der Waals surface area (Å²) in [5, 5.41) is 2.64. The van der Waals surface area contributed by atoms with E-state index in [2.05, 4.69) is 50.2 Å². The molecular formula is C14H14O. The van der Waals surface area contributed by atoms with Crippen molar-refractivity contribution in [2.75, 3.05) is 0 Å². The molecule has 0 saturated carbocycles. The van der Waals surface area contributed by atoms with Crippen LogP contribution >= 0.6 is 0 Å². The molecule has 1 heteroatoms. The fourth-order valence-electron chi connectivity index (χ4n) is 2.35. The number of benzene rings is 2. The van der Waals surface area contributed by atoms with E-state index in [1.807, 2.05) is 0 Å². The third kappa shape index (κ3) is 1.30. The highest BCUT2D eigenvalue weighted by molar-refractivity contribution is 5.88. The van der Waals surface area contributed by atoms with Crippen molar-refractivity contribution in [1.29, 1.82) is 0 Å². The second-order valence-electron chi connectivity index (χ2n) is 4.80. The molecule has 1 nitrogen and oxygen atoms in total. The van der Waals surface area contributed by atoms with Gasteiger partial charge in [-0.15, -0.1) is 0 Å². The molecule has 0 aromatic heterocycles. The Morgan fingerprint density at radius 2 is 1.87 bits per heavy atom. The average molecular weight is 198 g/mol. The highest BCUT2D eigenvalue weighted by atomic mass is 16.5. The second-order valence-corrected chi connectivity index (χ2v) is 4.80. The monoisotopic (exact) mass is 198 g/mol. The SMILES string of the molecule is CC1(C)Cc2c(ccc3ccccc23)O1. The first-order valence-corrected chi connectivity index (χ1v) is 5.35. The van der Waals surface area contributed by atoms with E-state index in [4.69, 9.17) is 4.74 Å². The van der Waals surface area contributed by atoms with Gasteiger partial charge >= 0.3 is 0 Å². The molecule has 0 fully saturated rings. The first-order chi connectivity index (χ1) is 7.16. The van der Waals surface area contributed by atoms with E-state index in [0.29, 0.717) is 0 Å². The Labute approximate surface area is 89.7 Å². The van der Waals surface area contributed by atoms with Crippen molar-refractivity contribution in [2.24, 2.45) is 0 Å². The lowest BCUT2D eigenvalue weighted by Crippen LogP contribution is -2.24. The average Bonchev–Trinajstić information content (AvgIpc) is 2.52. The summed E-state index contributed by atoms with van der Waals surface area (Å²) < 4.78 is 5.90. The molecule has 0 unspecified atom stereocenters. The topological polar surface area (TPSA) is 9.23 Å². The molecule has 1 aliphatic heterocycles. The van der Waals surface area contributed by atoms with Crippen molar-refractivity contribution in [3.05, 3.63) is 42.0 Å². The summed E-state index contributed by atoms with van der Waals surface area (Å²) in [5.74, 6) is 1.05. The molecule has 76 valence electrons. The molecule has 0 atom stereocenters. The highest BCUT2D eigenvalue weighted by Crippen LogP contribution is 2.39. The Balaban J connectivity index is 2.29.